The van der Waals surface area contributed by atoms with Crippen molar-refractivity contribution < 1.29 is 12.9 Å². The fourth-order valence-electron chi connectivity index (χ4n) is 1.68. The molecule has 0 atom stereocenters. The van der Waals surface area contributed by atoms with Crippen molar-refractivity contribution in [2.75, 3.05) is 11.9 Å². The number of aromatic nitrogens is 1. The first-order valence-corrected chi connectivity index (χ1v) is 7.84. The van der Waals surface area contributed by atoms with E-state index >= 15 is 0 Å². The molecular weight excluding hydrogens is 278 g/mol. The van der Waals surface area contributed by atoms with Gasteiger partial charge < -0.3 is 9.84 Å². The van der Waals surface area contributed by atoms with Gasteiger partial charge in [-0.25, -0.2) is 13.1 Å². The van der Waals surface area contributed by atoms with Crippen LogP contribution in [0.3, 0.4) is 0 Å². The zero-order valence-corrected chi connectivity index (χ0v) is 12.0. The molecule has 0 aliphatic heterocycles. The van der Waals surface area contributed by atoms with E-state index in [1.54, 1.807) is 30.3 Å². The Balaban J connectivity index is 2.16. The Bertz CT molecular complexity index is 639. The average Bonchev–Trinajstić information content (AvgIpc) is 2.97. The molecule has 0 saturated carbocycles. The minimum absolute atomic E-state index is 0.0739. The van der Waals surface area contributed by atoms with Crippen LogP contribution >= 0.6 is 0 Å². The fraction of sp³-hybridized carbons (Fsp3) is 0.308. The van der Waals surface area contributed by atoms with E-state index in [4.69, 9.17) is 4.52 Å². The lowest BCUT2D eigenvalue weighted by Gasteiger charge is -2.12. The normalized spacial score (nSPS) is 11.4. The number of nitrogens with one attached hydrogen (secondary N) is 2. The van der Waals surface area contributed by atoms with E-state index in [1.165, 1.54) is 6.20 Å². The molecule has 0 saturated heterocycles. The largest absolute Gasteiger partial charge is 0.384 e. The highest BCUT2D eigenvalue weighted by molar-refractivity contribution is 7.89. The number of nitrogens with zero attached hydrogens (tertiary/aromatic N) is 1. The maximum absolute atomic E-state index is 12.3. The molecule has 20 heavy (non-hydrogen) atoms. The quantitative estimate of drug-likeness (QED) is 0.816. The molecule has 2 aromatic rings. The molecule has 2 rings (SSSR count). The van der Waals surface area contributed by atoms with Crippen LogP contribution in [0.25, 0.3) is 0 Å². The summed E-state index contributed by atoms with van der Waals surface area (Å²) in [7, 11) is -3.60. The first-order chi connectivity index (χ1) is 9.63. The van der Waals surface area contributed by atoms with Gasteiger partial charge in [0.2, 0.25) is 10.0 Å². The van der Waals surface area contributed by atoms with Gasteiger partial charge in [0.1, 0.15) is 4.90 Å². The summed E-state index contributed by atoms with van der Waals surface area (Å²) in [6.07, 6.45) is 2.39. The molecule has 0 unspecified atom stereocenters. The van der Waals surface area contributed by atoms with Crippen molar-refractivity contribution in [1.82, 2.24) is 9.88 Å². The van der Waals surface area contributed by atoms with Gasteiger partial charge in [0, 0.05) is 12.6 Å². The molecule has 0 bridgehead atoms. The highest BCUT2D eigenvalue weighted by Crippen LogP contribution is 2.20. The zero-order chi connectivity index (χ0) is 14.4. The number of anilines is 1. The van der Waals surface area contributed by atoms with Gasteiger partial charge in [0.05, 0.1) is 18.4 Å². The Kier molecular flexibility index (Phi) is 4.75. The van der Waals surface area contributed by atoms with Crippen molar-refractivity contribution in [3.63, 3.8) is 0 Å². The van der Waals surface area contributed by atoms with Crippen molar-refractivity contribution >= 4 is 15.7 Å². The summed E-state index contributed by atoms with van der Waals surface area (Å²) in [6, 6.07) is 8.43. The second-order valence-electron chi connectivity index (χ2n) is 4.23. The molecule has 2 N–H and O–H groups in total. The lowest BCUT2D eigenvalue weighted by atomic mass is 10.3. The molecule has 0 radical (unpaired) electrons. The number of rotatable bonds is 7. The highest BCUT2D eigenvalue weighted by Gasteiger charge is 2.18. The third-order valence-corrected chi connectivity index (χ3v) is 4.13. The van der Waals surface area contributed by atoms with E-state index in [0.717, 1.165) is 6.42 Å². The van der Waals surface area contributed by atoms with Crippen molar-refractivity contribution in [1.29, 1.82) is 0 Å². The first-order valence-electron chi connectivity index (χ1n) is 6.35. The van der Waals surface area contributed by atoms with Gasteiger partial charge in [-0.1, -0.05) is 24.2 Å². The molecule has 1 heterocycles. The third-order valence-electron chi connectivity index (χ3n) is 2.67. The second kappa shape index (κ2) is 6.53. The summed E-state index contributed by atoms with van der Waals surface area (Å²) in [4.78, 5) is 0.230. The minimum atomic E-state index is -3.60. The van der Waals surface area contributed by atoms with Crippen LogP contribution in [0.15, 0.2) is 45.9 Å². The predicted molar refractivity (Wildman–Crippen MR) is 75.8 cm³/mol. The predicted octanol–water partition coefficient (Wildman–Crippen LogP) is 1.97. The second-order valence-corrected chi connectivity index (χ2v) is 5.96. The van der Waals surface area contributed by atoms with Gasteiger partial charge in [-0.05, 0) is 18.6 Å². The number of hydrogen-bond donors (Lipinski definition) is 2. The summed E-state index contributed by atoms with van der Waals surface area (Å²) in [5, 5.41) is 6.64. The molecule has 7 heteroatoms. The number of benzene rings is 1. The topological polar surface area (TPSA) is 84.2 Å². The van der Waals surface area contributed by atoms with E-state index in [1.807, 2.05) is 6.92 Å². The van der Waals surface area contributed by atoms with Crippen LogP contribution in [0, 0.1) is 0 Å². The van der Waals surface area contributed by atoms with Gasteiger partial charge in [0.25, 0.3) is 0 Å². The summed E-state index contributed by atoms with van der Waals surface area (Å²) in [5.41, 5.74) is 0.597. The Morgan fingerprint density at radius 1 is 1.25 bits per heavy atom. The van der Waals surface area contributed by atoms with E-state index in [-0.39, 0.29) is 11.4 Å². The Hall–Kier alpha value is -1.86. The van der Waals surface area contributed by atoms with Crippen LogP contribution < -0.4 is 10.0 Å². The molecule has 0 aliphatic rings. The van der Waals surface area contributed by atoms with E-state index in [2.05, 4.69) is 15.2 Å². The molecule has 0 fully saturated rings. The van der Waals surface area contributed by atoms with Crippen molar-refractivity contribution in [3.8, 4) is 0 Å². The van der Waals surface area contributed by atoms with E-state index in [0.29, 0.717) is 18.0 Å². The first kappa shape index (κ1) is 14.5. The van der Waals surface area contributed by atoms with Crippen LogP contribution in [-0.4, -0.2) is 20.1 Å². The summed E-state index contributed by atoms with van der Waals surface area (Å²) in [5.74, 6) is 0.465. The fourth-order valence-corrected chi connectivity index (χ4v) is 2.86. The molecule has 1 aromatic carbocycles. The van der Waals surface area contributed by atoms with Crippen molar-refractivity contribution in [2.45, 2.75) is 24.8 Å². The molecular formula is C13H17N3O3S. The molecule has 0 aliphatic carbocycles. The lowest BCUT2D eigenvalue weighted by Crippen LogP contribution is -2.24. The van der Waals surface area contributed by atoms with Crippen LogP contribution in [-0.2, 0) is 16.6 Å². The zero-order valence-electron chi connectivity index (χ0n) is 11.2. The molecule has 0 amide bonds. The Labute approximate surface area is 118 Å². The minimum Gasteiger partial charge on any atom is -0.384 e. The van der Waals surface area contributed by atoms with E-state index in [9.17, 15) is 8.42 Å². The van der Waals surface area contributed by atoms with Crippen LogP contribution in [0.1, 0.15) is 19.1 Å². The maximum Gasteiger partial charge on any atom is 0.243 e. The third kappa shape index (κ3) is 3.58. The molecule has 1 aromatic heterocycles. The standard InChI is InChI=1S/C13H17N3O3S/c1-2-8-14-12-5-3-4-6-13(12)20(17,18)16-10-11-7-9-15-19-11/h3-7,9,14,16H,2,8,10H2,1H3. The maximum atomic E-state index is 12.3. The van der Waals surface area contributed by atoms with Gasteiger partial charge in [0.15, 0.2) is 5.76 Å². The monoisotopic (exact) mass is 295 g/mol. The van der Waals surface area contributed by atoms with Crippen LogP contribution in [0.2, 0.25) is 0 Å². The summed E-state index contributed by atoms with van der Waals surface area (Å²) < 4.78 is 32.0. The van der Waals surface area contributed by atoms with Gasteiger partial charge in [-0.2, -0.15) is 0 Å². The lowest BCUT2D eigenvalue weighted by molar-refractivity contribution is 0.380. The Morgan fingerprint density at radius 2 is 2.05 bits per heavy atom. The summed E-state index contributed by atoms with van der Waals surface area (Å²) >= 11 is 0. The van der Waals surface area contributed by atoms with Crippen molar-refractivity contribution in [2.24, 2.45) is 0 Å². The SMILES string of the molecule is CCCNc1ccccc1S(=O)(=O)NCc1ccno1. The number of para-hydroxylation sites is 1. The summed E-state index contributed by atoms with van der Waals surface area (Å²) in [6.45, 7) is 2.81. The highest BCUT2D eigenvalue weighted by atomic mass is 32.2. The van der Waals surface area contributed by atoms with Crippen molar-refractivity contribution in [3.05, 3.63) is 42.3 Å². The number of sulfonamides is 1. The average molecular weight is 295 g/mol. The smallest absolute Gasteiger partial charge is 0.243 e. The van der Waals surface area contributed by atoms with Crippen LogP contribution in [0.4, 0.5) is 5.69 Å². The van der Waals surface area contributed by atoms with E-state index < -0.39 is 10.0 Å². The molecule has 6 nitrogen and oxygen atoms in total. The van der Waals surface area contributed by atoms with Gasteiger partial charge in [-0.3, -0.25) is 0 Å². The molecule has 108 valence electrons. The molecule has 0 spiro atoms. The number of hydrogen-bond acceptors (Lipinski definition) is 5. The van der Waals surface area contributed by atoms with Crippen LogP contribution in [0.5, 0.6) is 0 Å². The van der Waals surface area contributed by atoms with Gasteiger partial charge >= 0.3 is 0 Å². The Morgan fingerprint density at radius 3 is 2.75 bits per heavy atom. The van der Waals surface area contributed by atoms with Gasteiger partial charge in [-0.15, -0.1) is 0 Å².